The fourth-order valence-corrected chi connectivity index (χ4v) is 5.23. The molecule has 1 fully saturated rings. The number of hydrogen-bond donors (Lipinski definition) is 1. The van der Waals surface area contributed by atoms with Crippen molar-refractivity contribution in [1.82, 2.24) is 29.5 Å². The minimum Gasteiger partial charge on any atom is -0.361 e. The number of hydrogen-bond acceptors (Lipinski definition) is 9. The number of fused-ring (bicyclic) bond motifs is 1. The van der Waals surface area contributed by atoms with Crippen molar-refractivity contribution in [3.63, 3.8) is 0 Å². The molecule has 3 aromatic heterocycles. The Morgan fingerprint density at radius 2 is 1.80 bits per heavy atom. The van der Waals surface area contributed by atoms with Crippen LogP contribution in [-0.4, -0.2) is 49.8 Å². The van der Waals surface area contributed by atoms with Crippen LogP contribution >= 0.6 is 0 Å². The van der Waals surface area contributed by atoms with Crippen molar-refractivity contribution >= 4 is 26.8 Å². The average molecular weight is 574 g/mol. The zero-order valence-corrected chi connectivity index (χ0v) is 22.7. The summed E-state index contributed by atoms with van der Waals surface area (Å²) in [6.07, 6.45) is -0.159. The topological polar surface area (TPSA) is 133 Å². The maximum absolute atomic E-state index is 13.9. The van der Waals surface area contributed by atoms with E-state index in [0.29, 0.717) is 21.4 Å². The van der Waals surface area contributed by atoms with E-state index in [1.54, 1.807) is 19.1 Å². The normalized spacial score (nSPS) is 14.8. The Morgan fingerprint density at radius 1 is 1.10 bits per heavy atom. The molecule has 1 aliphatic rings. The minimum atomic E-state index is -4.74. The molecule has 5 rings (SSSR count). The molecule has 0 amide bonds. The fourth-order valence-electron chi connectivity index (χ4n) is 4.34. The molecule has 4 aromatic rings. The fraction of sp³-hybridized carbons (Fsp3) is 0.385. The van der Waals surface area contributed by atoms with E-state index in [4.69, 9.17) is 0 Å². The van der Waals surface area contributed by atoms with Gasteiger partial charge in [-0.3, -0.25) is 9.36 Å². The van der Waals surface area contributed by atoms with Crippen molar-refractivity contribution < 1.29 is 21.6 Å². The summed E-state index contributed by atoms with van der Waals surface area (Å²) in [6, 6.07) is 3.79. The second kappa shape index (κ2) is 10.2. The summed E-state index contributed by atoms with van der Waals surface area (Å²) in [4.78, 5) is 35.1. The molecular formula is C26H26F3N7O3S. The molecule has 1 unspecified atom stereocenters. The van der Waals surface area contributed by atoms with Crippen molar-refractivity contribution in [2.75, 3.05) is 11.1 Å². The second-order valence-electron chi connectivity index (χ2n) is 9.65. The molecule has 0 saturated heterocycles. The highest BCUT2D eigenvalue weighted by atomic mass is 32.2. The monoisotopic (exact) mass is 573 g/mol. The summed E-state index contributed by atoms with van der Waals surface area (Å²) in [5.74, 6) is -0.0404. The van der Waals surface area contributed by atoms with Gasteiger partial charge in [0.05, 0.1) is 33.8 Å². The first kappa shape index (κ1) is 27.6. The molecule has 1 aromatic carbocycles. The molecule has 0 aliphatic heterocycles. The predicted molar refractivity (Wildman–Crippen MR) is 142 cm³/mol. The van der Waals surface area contributed by atoms with Gasteiger partial charge in [0.15, 0.2) is 27.1 Å². The summed E-state index contributed by atoms with van der Waals surface area (Å²) in [5, 5.41) is 2.79. The first-order chi connectivity index (χ1) is 18.9. The van der Waals surface area contributed by atoms with Gasteiger partial charge in [-0.1, -0.05) is 19.1 Å². The molecule has 0 bridgehead atoms. The number of anilines is 1. The SMILES string of the molecule is CCS(=O)(=O)c1ccc(CNc2nc3cnc(-c4c(C)ncnc4C4CC4)nc3n(C(C)C(F)(F)F)c2=O)cc1. The van der Waals surface area contributed by atoms with Crippen LogP contribution in [0, 0.1) is 6.92 Å². The number of halogens is 3. The average Bonchev–Trinajstić information content (AvgIpc) is 3.77. The lowest BCUT2D eigenvalue weighted by atomic mass is 10.1. The number of benzene rings is 1. The standard InChI is InChI=1S/C26H26F3N7O3S/c1-4-40(38,39)18-9-5-16(6-10-18)11-30-23-25(37)36(15(3)26(27,28)29)24-19(34-23)12-31-22(35-24)20-14(2)32-13-33-21(20)17-7-8-17/h5-6,9-10,12-13,15,17H,4,7-8,11H2,1-3H3,(H,30,34). The number of nitrogens with one attached hydrogen (secondary N) is 1. The Labute approximate surface area is 227 Å². The number of aromatic nitrogens is 6. The molecule has 3 heterocycles. The second-order valence-corrected chi connectivity index (χ2v) is 11.9. The van der Waals surface area contributed by atoms with Gasteiger partial charge in [0.1, 0.15) is 17.9 Å². The third-order valence-corrected chi connectivity index (χ3v) is 8.62. The van der Waals surface area contributed by atoms with Crippen LogP contribution in [0.15, 0.2) is 46.5 Å². The number of alkyl halides is 3. The molecule has 1 aliphatic carbocycles. The zero-order chi connectivity index (χ0) is 28.8. The van der Waals surface area contributed by atoms with Crippen LogP contribution in [-0.2, 0) is 16.4 Å². The first-order valence-electron chi connectivity index (χ1n) is 12.6. The summed E-state index contributed by atoms with van der Waals surface area (Å²) < 4.78 is 66.5. The molecule has 210 valence electrons. The number of rotatable bonds is 8. The van der Waals surface area contributed by atoms with Crippen LogP contribution < -0.4 is 10.9 Å². The van der Waals surface area contributed by atoms with Gasteiger partial charge in [-0.25, -0.2) is 33.3 Å². The van der Waals surface area contributed by atoms with Gasteiger partial charge in [-0.05, 0) is 44.4 Å². The Bertz CT molecular complexity index is 1750. The summed E-state index contributed by atoms with van der Waals surface area (Å²) >= 11 is 0. The van der Waals surface area contributed by atoms with Crippen LogP contribution in [0.4, 0.5) is 19.0 Å². The van der Waals surface area contributed by atoms with E-state index in [1.165, 1.54) is 31.6 Å². The highest BCUT2D eigenvalue weighted by molar-refractivity contribution is 7.91. The van der Waals surface area contributed by atoms with Crippen molar-refractivity contribution in [2.24, 2.45) is 0 Å². The lowest BCUT2D eigenvalue weighted by molar-refractivity contribution is -0.162. The van der Waals surface area contributed by atoms with Gasteiger partial charge in [0, 0.05) is 12.5 Å². The Kier molecular flexibility index (Phi) is 7.06. The number of nitrogens with zero attached hydrogens (tertiary/aromatic N) is 6. The van der Waals surface area contributed by atoms with Gasteiger partial charge < -0.3 is 5.32 Å². The van der Waals surface area contributed by atoms with Crippen molar-refractivity contribution in [2.45, 2.75) is 63.2 Å². The van der Waals surface area contributed by atoms with Crippen LogP contribution in [0.3, 0.4) is 0 Å². The molecule has 14 heteroatoms. The molecule has 40 heavy (non-hydrogen) atoms. The van der Waals surface area contributed by atoms with E-state index in [9.17, 15) is 26.4 Å². The molecule has 10 nitrogen and oxygen atoms in total. The molecule has 1 saturated carbocycles. The minimum absolute atomic E-state index is 0.00573. The highest BCUT2D eigenvalue weighted by Crippen LogP contribution is 2.43. The van der Waals surface area contributed by atoms with Gasteiger partial charge in [-0.2, -0.15) is 13.2 Å². The lowest BCUT2D eigenvalue weighted by Crippen LogP contribution is -2.35. The number of aryl methyl sites for hydroxylation is 1. The maximum atomic E-state index is 13.9. The lowest BCUT2D eigenvalue weighted by Gasteiger charge is -2.21. The van der Waals surface area contributed by atoms with Crippen LogP contribution in [0.1, 0.15) is 55.6 Å². The third-order valence-electron chi connectivity index (χ3n) is 6.87. The Morgan fingerprint density at radius 3 is 2.42 bits per heavy atom. The van der Waals surface area contributed by atoms with Crippen molar-refractivity contribution in [3.05, 3.63) is 64.1 Å². The van der Waals surface area contributed by atoms with E-state index < -0.39 is 27.6 Å². The zero-order valence-electron chi connectivity index (χ0n) is 21.9. The Balaban J connectivity index is 1.57. The highest BCUT2D eigenvalue weighted by Gasteiger charge is 2.40. The summed E-state index contributed by atoms with van der Waals surface area (Å²) in [5.41, 5.74) is 1.19. The van der Waals surface area contributed by atoms with Gasteiger partial charge in [-0.15, -0.1) is 0 Å². The molecule has 0 spiro atoms. The van der Waals surface area contributed by atoms with Crippen LogP contribution in [0.25, 0.3) is 22.6 Å². The Hall–Kier alpha value is -3.94. The quantitative estimate of drug-likeness (QED) is 0.326. The molecule has 1 N–H and O–H groups in total. The summed E-state index contributed by atoms with van der Waals surface area (Å²) in [6.45, 7) is 4.19. The molecule has 1 atom stereocenters. The van der Waals surface area contributed by atoms with Gasteiger partial charge in [0.2, 0.25) is 0 Å². The number of sulfone groups is 1. The summed E-state index contributed by atoms with van der Waals surface area (Å²) in [7, 11) is -3.39. The van der Waals surface area contributed by atoms with E-state index in [2.05, 4.69) is 30.2 Å². The van der Waals surface area contributed by atoms with Gasteiger partial charge in [0.25, 0.3) is 5.56 Å². The largest absolute Gasteiger partial charge is 0.409 e. The third kappa shape index (κ3) is 5.27. The van der Waals surface area contributed by atoms with E-state index in [1.807, 2.05) is 0 Å². The smallest absolute Gasteiger partial charge is 0.361 e. The van der Waals surface area contributed by atoms with Crippen molar-refractivity contribution in [3.8, 4) is 11.4 Å². The van der Waals surface area contributed by atoms with Gasteiger partial charge >= 0.3 is 6.18 Å². The first-order valence-corrected chi connectivity index (χ1v) is 14.3. The van der Waals surface area contributed by atoms with E-state index >= 15 is 0 Å². The van der Waals surface area contributed by atoms with E-state index in [-0.39, 0.29) is 45.9 Å². The van der Waals surface area contributed by atoms with Crippen LogP contribution in [0.2, 0.25) is 0 Å². The van der Waals surface area contributed by atoms with Crippen LogP contribution in [0.5, 0.6) is 0 Å². The van der Waals surface area contributed by atoms with Crippen molar-refractivity contribution in [1.29, 1.82) is 0 Å². The predicted octanol–water partition coefficient (Wildman–Crippen LogP) is 4.36. The maximum Gasteiger partial charge on any atom is 0.409 e. The molecule has 0 radical (unpaired) electrons. The molecular weight excluding hydrogens is 547 g/mol. The van der Waals surface area contributed by atoms with E-state index in [0.717, 1.165) is 25.5 Å².